The monoisotopic (exact) mass is 520 g/mol. The molecule has 0 amide bonds. The minimum absolute atomic E-state index is 0. The highest BCUT2D eigenvalue weighted by atomic mass is 35.5. The average molecular weight is 521 g/mol. The minimum Gasteiger partial charge on any atom is -1.00 e. The highest BCUT2D eigenvalue weighted by Gasteiger charge is 2.50. The van der Waals surface area contributed by atoms with Crippen LogP contribution in [0, 0.1) is 5.92 Å². The average Bonchev–Trinajstić information content (AvgIpc) is 3.23. The molecule has 4 aliphatic rings. The SMILES string of the molecule is O=C(O[C@H]1C[N+]2(Cc3coc(-c4ccccc4)n3)CCC1CC2)C1(c2ccccc2)CCCCCC1.[Cl-]. The van der Waals surface area contributed by atoms with E-state index in [1.54, 1.807) is 0 Å². The second-order valence-electron chi connectivity index (χ2n) is 11.3. The number of esters is 1. The summed E-state index contributed by atoms with van der Waals surface area (Å²) in [6, 6.07) is 20.5. The summed E-state index contributed by atoms with van der Waals surface area (Å²) in [5.41, 5.74) is 2.63. The Morgan fingerprint density at radius 3 is 2.27 bits per heavy atom. The zero-order valence-electron chi connectivity index (χ0n) is 21.5. The highest BCUT2D eigenvalue weighted by molar-refractivity contribution is 5.83. The van der Waals surface area contributed by atoms with Crippen LogP contribution in [0.4, 0.5) is 0 Å². The third kappa shape index (κ3) is 5.21. The molecule has 5 nitrogen and oxygen atoms in total. The van der Waals surface area contributed by atoms with Gasteiger partial charge in [0.2, 0.25) is 5.89 Å². The summed E-state index contributed by atoms with van der Waals surface area (Å²) >= 11 is 0. The van der Waals surface area contributed by atoms with Gasteiger partial charge in [-0.05, 0) is 30.5 Å². The van der Waals surface area contributed by atoms with E-state index < -0.39 is 5.41 Å². The molecule has 6 heteroatoms. The van der Waals surface area contributed by atoms with E-state index in [-0.39, 0.29) is 24.5 Å². The Morgan fingerprint density at radius 2 is 1.59 bits per heavy atom. The van der Waals surface area contributed by atoms with E-state index in [4.69, 9.17) is 14.1 Å². The smallest absolute Gasteiger partial charge is 0.317 e. The highest BCUT2D eigenvalue weighted by Crippen LogP contribution is 2.42. The van der Waals surface area contributed by atoms with Crippen LogP contribution in [-0.4, -0.2) is 41.2 Å². The molecule has 0 radical (unpaired) electrons. The van der Waals surface area contributed by atoms with Crippen molar-refractivity contribution in [1.29, 1.82) is 0 Å². The van der Waals surface area contributed by atoms with Crippen molar-refractivity contribution in [3.63, 3.8) is 0 Å². The number of fused-ring (bicyclic) bond motifs is 3. The molecule has 1 atom stereocenters. The molecule has 4 fully saturated rings. The number of aromatic nitrogens is 1. The van der Waals surface area contributed by atoms with Crippen LogP contribution >= 0.6 is 0 Å². The van der Waals surface area contributed by atoms with Gasteiger partial charge in [0.05, 0.1) is 18.5 Å². The number of rotatable bonds is 6. The van der Waals surface area contributed by atoms with Gasteiger partial charge in [0.25, 0.3) is 0 Å². The van der Waals surface area contributed by atoms with Gasteiger partial charge in [0.15, 0.2) is 6.10 Å². The molecule has 4 heterocycles. The summed E-state index contributed by atoms with van der Waals surface area (Å²) in [7, 11) is 0. The number of halogens is 1. The lowest BCUT2D eigenvalue weighted by atomic mass is 9.74. The Balaban J connectivity index is 0.00000280. The Labute approximate surface area is 226 Å². The maximum Gasteiger partial charge on any atom is 0.317 e. The topological polar surface area (TPSA) is 52.3 Å². The Morgan fingerprint density at radius 1 is 0.946 bits per heavy atom. The van der Waals surface area contributed by atoms with Crippen molar-refractivity contribution in [2.75, 3.05) is 19.6 Å². The van der Waals surface area contributed by atoms with Crippen LogP contribution in [-0.2, 0) is 21.5 Å². The van der Waals surface area contributed by atoms with Crippen molar-refractivity contribution in [2.24, 2.45) is 5.92 Å². The van der Waals surface area contributed by atoms with E-state index in [0.717, 1.165) is 86.0 Å². The van der Waals surface area contributed by atoms with Crippen molar-refractivity contribution >= 4 is 5.97 Å². The van der Waals surface area contributed by atoms with Gasteiger partial charge < -0.3 is 26.0 Å². The van der Waals surface area contributed by atoms with E-state index in [9.17, 15) is 4.79 Å². The third-order valence-electron chi connectivity index (χ3n) is 9.04. The Kier molecular flexibility index (Phi) is 7.73. The van der Waals surface area contributed by atoms with E-state index in [1.807, 2.05) is 42.7 Å². The molecule has 0 N–H and O–H groups in total. The van der Waals surface area contributed by atoms with Gasteiger partial charge in [-0.15, -0.1) is 0 Å². The number of oxazole rings is 1. The molecule has 2 aromatic carbocycles. The Hall–Kier alpha value is -2.63. The molecule has 3 saturated heterocycles. The number of hydrogen-bond acceptors (Lipinski definition) is 4. The second-order valence-corrected chi connectivity index (χ2v) is 11.3. The van der Waals surface area contributed by atoms with Gasteiger partial charge >= 0.3 is 5.97 Å². The van der Waals surface area contributed by atoms with Crippen molar-refractivity contribution in [2.45, 2.75) is 69.4 Å². The number of benzene rings is 2. The van der Waals surface area contributed by atoms with Crippen molar-refractivity contribution in [3.05, 3.63) is 78.2 Å². The van der Waals surface area contributed by atoms with Gasteiger partial charge in [0.1, 0.15) is 25.0 Å². The van der Waals surface area contributed by atoms with Crippen molar-refractivity contribution < 1.29 is 30.8 Å². The molecule has 3 aliphatic heterocycles. The molecule has 2 bridgehead atoms. The fourth-order valence-corrected chi connectivity index (χ4v) is 6.96. The van der Waals surface area contributed by atoms with Crippen molar-refractivity contribution in [1.82, 2.24) is 4.98 Å². The lowest BCUT2D eigenvalue weighted by Crippen LogP contribution is -3.00. The number of quaternary nitrogens is 1. The molecule has 1 saturated carbocycles. The predicted octanol–water partition coefficient (Wildman–Crippen LogP) is 3.29. The summed E-state index contributed by atoms with van der Waals surface area (Å²) in [6.45, 7) is 3.96. The zero-order chi connectivity index (χ0) is 24.4. The maximum absolute atomic E-state index is 14.0. The molecule has 3 aromatic rings. The van der Waals surface area contributed by atoms with E-state index in [0.29, 0.717) is 11.8 Å². The maximum atomic E-state index is 14.0. The molecule has 0 unspecified atom stereocenters. The summed E-state index contributed by atoms with van der Waals surface area (Å²) in [5.74, 6) is 1.17. The molecule has 7 rings (SSSR count). The minimum atomic E-state index is -0.495. The molecule has 196 valence electrons. The number of nitrogens with zero attached hydrogens (tertiary/aromatic N) is 2. The van der Waals surface area contributed by atoms with Gasteiger partial charge in [-0.3, -0.25) is 4.79 Å². The molecule has 37 heavy (non-hydrogen) atoms. The third-order valence-corrected chi connectivity index (χ3v) is 9.04. The fraction of sp³-hybridized carbons (Fsp3) is 0.484. The van der Waals surface area contributed by atoms with E-state index in [1.165, 1.54) is 12.8 Å². The van der Waals surface area contributed by atoms with E-state index >= 15 is 0 Å². The first kappa shape index (κ1) is 26.0. The lowest BCUT2D eigenvalue weighted by molar-refractivity contribution is -0.958. The number of ether oxygens (including phenoxy) is 1. The van der Waals surface area contributed by atoms with Gasteiger partial charge in [-0.2, -0.15) is 0 Å². The predicted molar refractivity (Wildman–Crippen MR) is 139 cm³/mol. The van der Waals surface area contributed by atoms with Gasteiger partial charge in [0, 0.05) is 24.3 Å². The number of hydrogen-bond donors (Lipinski definition) is 0. The standard InChI is InChI=1S/C31H37N2O3.ClH/c34-30(31(17-9-1-2-10-18-31)26-13-7-4-8-14-26)36-28-22-33(19-15-24(28)16-20-33)21-27-23-35-29(32-27)25-11-5-3-6-12-25;/h3-8,11-14,23-24,28H,1-2,9-10,15-22H2;1H/q+1;/p-1/t24?,28-,33?;/m0./s1. The summed E-state index contributed by atoms with van der Waals surface area (Å²) in [5, 5.41) is 0. The van der Waals surface area contributed by atoms with Crippen LogP contribution in [0.25, 0.3) is 11.5 Å². The first-order valence-corrected chi connectivity index (χ1v) is 13.8. The molecule has 1 aliphatic carbocycles. The van der Waals surface area contributed by atoms with Gasteiger partial charge in [-0.25, -0.2) is 4.98 Å². The number of carbonyl (C=O) groups is 1. The molecule has 1 aromatic heterocycles. The van der Waals surface area contributed by atoms with Crippen LogP contribution in [0.15, 0.2) is 71.3 Å². The largest absolute Gasteiger partial charge is 1.00 e. The fourth-order valence-electron chi connectivity index (χ4n) is 6.96. The Bertz CT molecular complexity index is 1160. The van der Waals surface area contributed by atoms with E-state index in [2.05, 4.69) is 24.3 Å². The number of carbonyl (C=O) groups excluding carboxylic acids is 1. The number of piperidine rings is 3. The van der Waals surface area contributed by atoms with Crippen LogP contribution in [0.2, 0.25) is 0 Å². The summed E-state index contributed by atoms with van der Waals surface area (Å²) < 4.78 is 13.3. The zero-order valence-corrected chi connectivity index (χ0v) is 22.2. The quantitative estimate of drug-likeness (QED) is 0.284. The van der Waals surface area contributed by atoms with Crippen LogP contribution in [0.3, 0.4) is 0 Å². The molecular weight excluding hydrogens is 484 g/mol. The summed E-state index contributed by atoms with van der Waals surface area (Å²) in [4.78, 5) is 18.8. The van der Waals surface area contributed by atoms with Crippen LogP contribution in [0.1, 0.15) is 62.6 Å². The van der Waals surface area contributed by atoms with Crippen molar-refractivity contribution in [3.8, 4) is 11.5 Å². The van der Waals surface area contributed by atoms with Crippen LogP contribution in [0.5, 0.6) is 0 Å². The normalized spacial score (nSPS) is 26.6. The first-order chi connectivity index (χ1) is 17.7. The molecular formula is C31H37ClN2O3. The van der Waals surface area contributed by atoms with Gasteiger partial charge in [-0.1, -0.05) is 74.2 Å². The summed E-state index contributed by atoms with van der Waals surface area (Å²) in [6.07, 6.45) is 10.4. The molecule has 0 spiro atoms. The lowest BCUT2D eigenvalue weighted by Gasteiger charge is -2.52. The second kappa shape index (κ2) is 11.0. The van der Waals surface area contributed by atoms with Crippen LogP contribution < -0.4 is 12.4 Å². The first-order valence-electron chi connectivity index (χ1n) is 13.8.